The largest absolute Gasteiger partial charge is 0.504 e. The van der Waals surface area contributed by atoms with Gasteiger partial charge in [0.05, 0.1) is 30.5 Å². The van der Waals surface area contributed by atoms with E-state index in [2.05, 4.69) is 35.2 Å². The van der Waals surface area contributed by atoms with E-state index in [1.165, 1.54) is 42.7 Å². The van der Waals surface area contributed by atoms with Crippen LogP contribution in [0, 0.1) is 0 Å². The van der Waals surface area contributed by atoms with E-state index in [1.54, 1.807) is 0 Å². The third kappa shape index (κ3) is 5.17. The summed E-state index contributed by atoms with van der Waals surface area (Å²) in [5, 5.41) is 22.4. The van der Waals surface area contributed by atoms with Gasteiger partial charge in [-0.15, -0.1) is 0 Å². The molecular weight excluding hydrogens is 556 g/mol. The number of phenols is 1. The first-order valence-corrected chi connectivity index (χ1v) is 12.4. The van der Waals surface area contributed by atoms with Gasteiger partial charge in [0.25, 0.3) is 11.1 Å². The van der Waals surface area contributed by atoms with Gasteiger partial charge in [-0.1, -0.05) is 6.07 Å². The maximum Gasteiger partial charge on any atom is 0.327 e. The highest BCUT2D eigenvalue weighted by Gasteiger charge is 2.38. The molecule has 5 rings (SSSR count). The van der Waals surface area contributed by atoms with Crippen molar-refractivity contribution in [1.82, 2.24) is 35.2 Å². The van der Waals surface area contributed by atoms with Gasteiger partial charge in [0, 0.05) is 31.3 Å². The number of aromatic amines is 5. The van der Waals surface area contributed by atoms with Crippen LogP contribution < -0.4 is 37.5 Å². The molecule has 0 saturated heterocycles. The number of aromatic hydroxyl groups is 1. The topological polar surface area (TPSA) is 259 Å². The molecule has 1 amide bonds. The summed E-state index contributed by atoms with van der Waals surface area (Å²) in [6.07, 6.45) is 2.35. The lowest BCUT2D eigenvalue weighted by Crippen LogP contribution is -2.45. The van der Waals surface area contributed by atoms with Crippen LogP contribution in [0.3, 0.4) is 0 Å². The number of methoxy groups -OCH3 is 1. The van der Waals surface area contributed by atoms with Crippen LogP contribution in [0.15, 0.2) is 49.9 Å². The number of imidazole rings is 1. The minimum Gasteiger partial charge on any atom is -0.504 e. The van der Waals surface area contributed by atoms with E-state index >= 15 is 0 Å². The highest BCUT2D eigenvalue weighted by molar-refractivity contribution is 5.84. The molecule has 1 aromatic carbocycles. The van der Waals surface area contributed by atoms with Crippen molar-refractivity contribution in [2.75, 3.05) is 18.6 Å². The smallest absolute Gasteiger partial charge is 0.327 e. The van der Waals surface area contributed by atoms with Crippen molar-refractivity contribution in [3.05, 3.63) is 94.8 Å². The number of carbonyl (C=O) groups is 2. The SMILES string of the molecule is COc1ccc(C2c3c([nH]c(=O)[nH]c3=O)N(CCC(=O)N[C@@H](Cc3cnc[nH]3)C(=O)O)c3[nH]c(=O)[nH]c(=O)c32)cc1O. The van der Waals surface area contributed by atoms with E-state index in [0.717, 1.165) is 0 Å². The summed E-state index contributed by atoms with van der Waals surface area (Å²) in [4.78, 5) is 92.8. The van der Waals surface area contributed by atoms with Gasteiger partial charge in [-0.2, -0.15) is 0 Å². The number of hydrogen-bond donors (Lipinski definition) is 8. The standard InChI is InChI=1S/C25H24N8O9/c1-42-14-3-2-10(6-13(14)34)16-17-19(29-24(40)31-21(17)36)33(20-18(16)22(37)32-25(41)30-20)5-4-15(35)28-12(23(38)39)7-11-8-26-9-27-11/h2-3,6,8-9,12,16,34H,4-5,7H2,1H3,(H,26,27)(H,28,35)(H,38,39)(H2,29,31,36,40)(H2,30,32,37,41)/t12-/m0/s1. The summed E-state index contributed by atoms with van der Waals surface area (Å²) in [7, 11) is 1.34. The third-order valence-corrected chi connectivity index (χ3v) is 6.75. The number of rotatable bonds is 9. The lowest BCUT2D eigenvalue weighted by atomic mass is 9.83. The van der Waals surface area contributed by atoms with Crippen molar-refractivity contribution in [3.63, 3.8) is 0 Å². The summed E-state index contributed by atoms with van der Waals surface area (Å²) in [5.74, 6) is -3.56. The predicted molar refractivity (Wildman–Crippen MR) is 144 cm³/mol. The van der Waals surface area contributed by atoms with Gasteiger partial charge in [-0.25, -0.2) is 19.4 Å². The number of carboxylic acids is 1. The number of carboxylic acid groups (broad SMARTS) is 1. The Labute approximate surface area is 233 Å². The van der Waals surface area contributed by atoms with E-state index in [1.807, 2.05) is 0 Å². The molecule has 4 aromatic rings. The van der Waals surface area contributed by atoms with E-state index in [0.29, 0.717) is 5.69 Å². The van der Waals surface area contributed by atoms with Crippen LogP contribution in [-0.4, -0.2) is 71.7 Å². The van der Waals surface area contributed by atoms with Crippen LogP contribution in [0.2, 0.25) is 0 Å². The molecule has 0 unspecified atom stereocenters. The zero-order valence-electron chi connectivity index (χ0n) is 21.8. The molecule has 218 valence electrons. The van der Waals surface area contributed by atoms with Crippen LogP contribution in [-0.2, 0) is 16.0 Å². The molecule has 0 spiro atoms. The number of nitrogens with zero attached hydrogens (tertiary/aromatic N) is 2. The average Bonchev–Trinajstić information content (AvgIpc) is 3.44. The molecule has 1 atom stereocenters. The van der Waals surface area contributed by atoms with Crippen molar-refractivity contribution < 1.29 is 24.5 Å². The van der Waals surface area contributed by atoms with Crippen LogP contribution in [0.1, 0.15) is 34.7 Å². The Kier molecular flexibility index (Phi) is 7.22. The molecule has 1 aliphatic heterocycles. The number of fused-ring (bicyclic) bond motifs is 2. The number of benzene rings is 1. The van der Waals surface area contributed by atoms with Gasteiger partial charge in [0.1, 0.15) is 17.7 Å². The molecule has 0 aliphatic carbocycles. The predicted octanol–water partition coefficient (Wildman–Crippen LogP) is -1.29. The number of H-pyrrole nitrogens is 5. The number of nitrogens with one attached hydrogen (secondary N) is 6. The second-order valence-electron chi connectivity index (χ2n) is 9.35. The molecule has 8 N–H and O–H groups in total. The lowest BCUT2D eigenvalue weighted by Gasteiger charge is -2.35. The number of carbonyl (C=O) groups excluding carboxylic acids is 1. The fourth-order valence-corrected chi connectivity index (χ4v) is 4.93. The van der Waals surface area contributed by atoms with Crippen molar-refractivity contribution in [2.45, 2.75) is 24.8 Å². The van der Waals surface area contributed by atoms with Crippen LogP contribution >= 0.6 is 0 Å². The van der Waals surface area contributed by atoms with E-state index < -0.39 is 46.3 Å². The molecule has 17 heteroatoms. The monoisotopic (exact) mass is 580 g/mol. The number of amides is 1. The van der Waals surface area contributed by atoms with E-state index in [9.17, 15) is 39.0 Å². The summed E-state index contributed by atoms with van der Waals surface area (Å²) >= 11 is 0. The van der Waals surface area contributed by atoms with Gasteiger partial charge < -0.3 is 30.2 Å². The summed E-state index contributed by atoms with van der Waals surface area (Å²) in [6.45, 7) is -0.290. The second-order valence-corrected chi connectivity index (χ2v) is 9.35. The second kappa shape index (κ2) is 11.0. The Bertz CT molecular complexity index is 1830. The molecule has 42 heavy (non-hydrogen) atoms. The lowest BCUT2D eigenvalue weighted by molar-refractivity contribution is -0.141. The Morgan fingerprint density at radius 3 is 2.21 bits per heavy atom. The van der Waals surface area contributed by atoms with Gasteiger partial charge in [-0.05, 0) is 17.7 Å². The van der Waals surface area contributed by atoms with Crippen molar-refractivity contribution in [1.29, 1.82) is 0 Å². The van der Waals surface area contributed by atoms with Gasteiger partial charge in [0.2, 0.25) is 5.91 Å². The highest BCUT2D eigenvalue weighted by Crippen LogP contribution is 2.44. The molecule has 0 fully saturated rings. The zero-order valence-corrected chi connectivity index (χ0v) is 21.8. The normalized spacial score (nSPS) is 13.2. The summed E-state index contributed by atoms with van der Waals surface area (Å²) in [6, 6.07) is 2.90. The number of aromatic nitrogens is 6. The van der Waals surface area contributed by atoms with E-state index in [-0.39, 0.29) is 59.2 Å². The van der Waals surface area contributed by atoms with Gasteiger partial charge in [0.15, 0.2) is 11.5 Å². The van der Waals surface area contributed by atoms with Crippen molar-refractivity contribution in [3.8, 4) is 11.5 Å². The Morgan fingerprint density at radius 1 is 1.05 bits per heavy atom. The Hall–Kier alpha value is -5.87. The highest BCUT2D eigenvalue weighted by atomic mass is 16.5. The van der Waals surface area contributed by atoms with Gasteiger partial charge >= 0.3 is 17.3 Å². The first kappa shape index (κ1) is 27.7. The number of ether oxygens (including phenoxy) is 1. The molecule has 3 aromatic heterocycles. The minimum atomic E-state index is -1.30. The van der Waals surface area contributed by atoms with Crippen molar-refractivity contribution in [2.24, 2.45) is 0 Å². The minimum absolute atomic E-state index is 0.0712. The Balaban J connectivity index is 1.56. The maximum absolute atomic E-state index is 13.2. The number of phenolic OH excluding ortho intramolecular Hbond substituents is 1. The number of anilines is 2. The van der Waals surface area contributed by atoms with Gasteiger partial charge in [-0.3, -0.25) is 34.3 Å². The molecule has 0 bridgehead atoms. The third-order valence-electron chi connectivity index (χ3n) is 6.75. The average molecular weight is 581 g/mol. The van der Waals surface area contributed by atoms with Crippen molar-refractivity contribution >= 4 is 23.5 Å². The maximum atomic E-state index is 13.2. The summed E-state index contributed by atoms with van der Waals surface area (Å²) < 4.78 is 5.08. The fraction of sp³-hybridized carbons (Fsp3) is 0.240. The van der Waals surface area contributed by atoms with Crippen LogP contribution in [0.5, 0.6) is 11.5 Å². The zero-order chi connectivity index (χ0) is 30.1. The molecule has 0 radical (unpaired) electrons. The molecule has 17 nitrogen and oxygen atoms in total. The van der Waals surface area contributed by atoms with Crippen LogP contribution in [0.25, 0.3) is 0 Å². The quantitative estimate of drug-likeness (QED) is 0.115. The molecule has 0 saturated carbocycles. The molecule has 4 heterocycles. The number of aliphatic carboxylic acids is 1. The molecular formula is C25H24N8O9. The van der Waals surface area contributed by atoms with Crippen LogP contribution in [0.4, 0.5) is 11.6 Å². The Morgan fingerprint density at radius 2 is 1.69 bits per heavy atom. The number of hydrogen-bond acceptors (Lipinski definition) is 10. The first-order valence-electron chi connectivity index (χ1n) is 12.4. The fourth-order valence-electron chi connectivity index (χ4n) is 4.93. The summed E-state index contributed by atoms with van der Waals surface area (Å²) in [5.41, 5.74) is -2.98. The molecule has 1 aliphatic rings. The van der Waals surface area contributed by atoms with E-state index in [4.69, 9.17) is 4.74 Å². The first-order chi connectivity index (χ1) is 20.1.